The minimum Gasteiger partial charge on any atom is -0.495 e. The summed E-state index contributed by atoms with van der Waals surface area (Å²) in [6, 6.07) is 23.5. The normalized spacial score (nSPS) is 16.7. The van der Waals surface area contributed by atoms with Gasteiger partial charge in [0.25, 0.3) is 0 Å². The van der Waals surface area contributed by atoms with Gasteiger partial charge in [-0.05, 0) is 86.2 Å². The highest BCUT2D eigenvalue weighted by atomic mass is 79.9. The van der Waals surface area contributed by atoms with Crippen LogP contribution < -0.4 is 15.4 Å². The molecule has 0 radical (unpaired) electrons. The zero-order valence-corrected chi connectivity index (χ0v) is 24.4. The predicted octanol–water partition coefficient (Wildman–Crippen LogP) is 6.26. The first kappa shape index (κ1) is 26.9. The predicted molar refractivity (Wildman–Crippen MR) is 161 cm³/mol. The minimum absolute atomic E-state index is 0.109. The molecule has 0 bridgehead atoms. The van der Waals surface area contributed by atoms with Crippen LogP contribution in [0.4, 0.5) is 5.69 Å². The highest BCUT2D eigenvalue weighted by Gasteiger charge is 2.41. The molecule has 2 aromatic heterocycles. The van der Waals surface area contributed by atoms with Crippen LogP contribution in [0.3, 0.4) is 0 Å². The zero-order chi connectivity index (χ0) is 27.5. The molecule has 0 saturated carbocycles. The van der Waals surface area contributed by atoms with E-state index in [4.69, 9.17) is 17.0 Å². The van der Waals surface area contributed by atoms with E-state index in [-0.39, 0.29) is 24.4 Å². The first-order chi connectivity index (χ1) is 18.9. The topological polar surface area (TPSA) is 71.4 Å². The largest absolute Gasteiger partial charge is 0.495 e. The summed E-state index contributed by atoms with van der Waals surface area (Å²) in [6.45, 7) is 4.69. The Balaban J connectivity index is 1.46. The number of hydrogen-bond donors (Lipinski definition) is 2. The third-order valence-electron chi connectivity index (χ3n) is 7.03. The number of aryl methyl sites for hydroxylation is 1. The van der Waals surface area contributed by atoms with E-state index in [2.05, 4.69) is 73.1 Å². The molecule has 2 N–H and O–H groups in total. The second-order valence-corrected chi connectivity index (χ2v) is 10.8. The molecule has 2 aromatic carbocycles. The van der Waals surface area contributed by atoms with Gasteiger partial charge in [-0.1, -0.05) is 34.1 Å². The number of pyridine rings is 1. The van der Waals surface area contributed by atoms with E-state index in [1.165, 1.54) is 0 Å². The van der Waals surface area contributed by atoms with E-state index in [1.807, 2.05) is 54.6 Å². The molecule has 9 heteroatoms. The molecule has 1 amide bonds. The summed E-state index contributed by atoms with van der Waals surface area (Å²) in [4.78, 5) is 19.8. The van der Waals surface area contributed by atoms with Crippen molar-refractivity contribution in [1.82, 2.24) is 19.8 Å². The number of methoxy groups -OCH3 is 1. The Morgan fingerprint density at radius 3 is 2.56 bits per heavy atom. The number of benzene rings is 2. The third kappa shape index (κ3) is 5.55. The number of carbonyl (C=O) groups excluding carboxylic acids is 1. The first-order valence-electron chi connectivity index (χ1n) is 12.7. The Bertz CT molecular complexity index is 1490. The third-order valence-corrected chi connectivity index (χ3v) is 7.91. The molecule has 2 unspecified atom stereocenters. The molecule has 3 heterocycles. The number of halogens is 1. The van der Waals surface area contributed by atoms with Crippen LogP contribution in [0.5, 0.6) is 5.75 Å². The zero-order valence-electron chi connectivity index (χ0n) is 22.0. The van der Waals surface area contributed by atoms with Crippen LogP contribution >= 0.6 is 28.1 Å². The average molecular weight is 605 g/mol. The van der Waals surface area contributed by atoms with Gasteiger partial charge in [0.15, 0.2) is 5.11 Å². The maximum Gasteiger partial charge on any atom is 0.226 e. The van der Waals surface area contributed by atoms with Gasteiger partial charge in [0, 0.05) is 40.7 Å². The van der Waals surface area contributed by atoms with Crippen molar-refractivity contribution in [2.24, 2.45) is 0 Å². The molecule has 1 fully saturated rings. The number of ether oxygens (including phenoxy) is 1. The number of amides is 1. The summed E-state index contributed by atoms with van der Waals surface area (Å²) in [5, 5.41) is 7.07. The lowest BCUT2D eigenvalue weighted by atomic mass is 9.96. The lowest BCUT2D eigenvalue weighted by Gasteiger charge is -2.28. The molecule has 1 aliphatic rings. The number of nitrogens with zero attached hydrogens (tertiary/aromatic N) is 3. The fourth-order valence-electron chi connectivity index (χ4n) is 5.24. The number of para-hydroxylation sites is 2. The van der Waals surface area contributed by atoms with Gasteiger partial charge in [-0.25, -0.2) is 0 Å². The van der Waals surface area contributed by atoms with Crippen molar-refractivity contribution in [1.29, 1.82) is 0 Å². The summed E-state index contributed by atoms with van der Waals surface area (Å²) in [6.07, 6.45) is 2.06. The van der Waals surface area contributed by atoms with Crippen LogP contribution in [0.2, 0.25) is 0 Å². The molecular formula is C30H30BrN5O2S. The van der Waals surface area contributed by atoms with Crippen LogP contribution in [-0.2, 0) is 4.79 Å². The van der Waals surface area contributed by atoms with Crippen LogP contribution in [0, 0.1) is 13.8 Å². The van der Waals surface area contributed by atoms with Crippen molar-refractivity contribution >= 4 is 44.9 Å². The highest BCUT2D eigenvalue weighted by molar-refractivity contribution is 9.10. The first-order valence-corrected chi connectivity index (χ1v) is 13.9. The Kier molecular flexibility index (Phi) is 7.99. The number of anilines is 1. The van der Waals surface area contributed by atoms with Crippen LogP contribution in [0.25, 0.3) is 5.69 Å². The summed E-state index contributed by atoms with van der Waals surface area (Å²) in [7, 11) is 1.59. The second-order valence-electron chi connectivity index (χ2n) is 9.46. The van der Waals surface area contributed by atoms with Gasteiger partial charge in [-0.15, -0.1) is 0 Å². The number of thiocarbonyl (C=S) groups is 1. The molecule has 0 spiro atoms. The van der Waals surface area contributed by atoms with Gasteiger partial charge in [0.1, 0.15) is 5.75 Å². The van der Waals surface area contributed by atoms with Crippen LogP contribution in [0.1, 0.15) is 41.1 Å². The Labute approximate surface area is 242 Å². The number of rotatable bonds is 8. The lowest BCUT2D eigenvalue weighted by molar-refractivity contribution is -0.116. The molecule has 7 nitrogen and oxygen atoms in total. The summed E-state index contributed by atoms with van der Waals surface area (Å²) < 4.78 is 8.67. The van der Waals surface area contributed by atoms with Gasteiger partial charge >= 0.3 is 0 Å². The van der Waals surface area contributed by atoms with E-state index in [0.717, 1.165) is 32.8 Å². The van der Waals surface area contributed by atoms with Gasteiger partial charge < -0.3 is 24.8 Å². The molecule has 39 heavy (non-hydrogen) atoms. The SMILES string of the molecule is COc1ccccc1NC(=O)CCN1C(=S)NC(c2ccccn2)C1c1cc(C)n(-c2ccc(Br)cc2)c1C. The molecular weight excluding hydrogens is 574 g/mol. The van der Waals surface area contributed by atoms with Crippen molar-refractivity contribution in [2.45, 2.75) is 32.4 Å². The standard InChI is InChI=1S/C30H30BrN5O2S/c1-19-18-23(20(2)36(19)22-13-11-21(31)12-14-22)29-28(25-9-6-7-16-32-25)34-30(39)35(29)17-15-27(37)33-24-8-4-5-10-26(24)38-3/h4-14,16,18,28-29H,15,17H2,1-3H3,(H,33,37)(H,34,39). The fraction of sp³-hybridized carbons (Fsp3) is 0.233. The van der Waals surface area contributed by atoms with Crippen molar-refractivity contribution < 1.29 is 9.53 Å². The molecule has 1 saturated heterocycles. The number of carbonyl (C=O) groups is 1. The smallest absolute Gasteiger partial charge is 0.226 e. The van der Waals surface area contributed by atoms with Crippen LogP contribution in [-0.4, -0.2) is 39.1 Å². The van der Waals surface area contributed by atoms with Crippen molar-refractivity contribution in [3.05, 3.63) is 106 Å². The quantitative estimate of drug-likeness (QED) is 0.232. The Morgan fingerprint density at radius 2 is 1.85 bits per heavy atom. The maximum absolute atomic E-state index is 13.0. The van der Waals surface area contributed by atoms with Gasteiger partial charge in [-0.3, -0.25) is 9.78 Å². The van der Waals surface area contributed by atoms with E-state index in [1.54, 1.807) is 13.3 Å². The highest BCUT2D eigenvalue weighted by Crippen LogP contribution is 2.41. The molecule has 2 atom stereocenters. The summed E-state index contributed by atoms with van der Waals surface area (Å²) in [5.74, 6) is 0.514. The van der Waals surface area contributed by atoms with Gasteiger partial charge in [0.2, 0.25) is 5.91 Å². The second kappa shape index (κ2) is 11.6. The molecule has 1 aliphatic heterocycles. The fourth-order valence-corrected chi connectivity index (χ4v) is 5.84. The minimum atomic E-state index is -0.158. The number of hydrogen-bond acceptors (Lipinski definition) is 4. The molecule has 200 valence electrons. The van der Waals surface area contributed by atoms with Gasteiger partial charge in [-0.2, -0.15) is 0 Å². The molecule has 5 rings (SSSR count). The Hall–Kier alpha value is -3.69. The van der Waals surface area contributed by atoms with Crippen molar-refractivity contribution in [2.75, 3.05) is 19.0 Å². The summed E-state index contributed by atoms with van der Waals surface area (Å²) >= 11 is 9.36. The number of aromatic nitrogens is 2. The van der Waals surface area contributed by atoms with E-state index < -0.39 is 0 Å². The average Bonchev–Trinajstić information content (AvgIpc) is 3.43. The lowest BCUT2D eigenvalue weighted by Crippen LogP contribution is -2.33. The maximum atomic E-state index is 13.0. The van der Waals surface area contributed by atoms with Crippen molar-refractivity contribution in [3.63, 3.8) is 0 Å². The summed E-state index contributed by atoms with van der Waals surface area (Å²) in [5.41, 5.74) is 6.02. The van der Waals surface area contributed by atoms with E-state index >= 15 is 0 Å². The van der Waals surface area contributed by atoms with E-state index in [9.17, 15) is 4.79 Å². The number of nitrogens with one attached hydrogen (secondary N) is 2. The van der Waals surface area contributed by atoms with E-state index in [0.29, 0.717) is 23.1 Å². The molecule has 4 aromatic rings. The van der Waals surface area contributed by atoms with Gasteiger partial charge in [0.05, 0.1) is 30.6 Å². The van der Waals surface area contributed by atoms with Crippen LogP contribution in [0.15, 0.2) is 83.5 Å². The monoisotopic (exact) mass is 603 g/mol. The Morgan fingerprint density at radius 1 is 1.10 bits per heavy atom. The molecule has 0 aliphatic carbocycles. The van der Waals surface area contributed by atoms with Crippen molar-refractivity contribution in [3.8, 4) is 11.4 Å².